The zero-order valence-electron chi connectivity index (χ0n) is 9.10. The number of hydrogen-bond acceptors (Lipinski definition) is 3. The molecule has 7 heteroatoms. The average molecular weight is 395 g/mol. The van der Waals surface area contributed by atoms with Gasteiger partial charge < -0.3 is 10.0 Å². The first-order valence-electron chi connectivity index (χ1n) is 5.07. The number of carbonyl (C=O) groups excluding carboxylic acids is 1. The van der Waals surface area contributed by atoms with Crippen molar-refractivity contribution in [2.24, 2.45) is 0 Å². The van der Waals surface area contributed by atoms with Crippen LogP contribution in [0.1, 0.15) is 10.4 Å². The number of halogens is 2. The number of benzene rings is 1. The van der Waals surface area contributed by atoms with Gasteiger partial charge in [0.2, 0.25) is 0 Å². The smallest absolute Gasteiger partial charge is 0.327 e. The number of carboxylic acid groups (broad SMARTS) is 1. The van der Waals surface area contributed by atoms with E-state index in [-0.39, 0.29) is 5.91 Å². The fraction of sp³-hybridized carbons (Fsp3) is 0.273. The molecule has 1 amide bonds. The van der Waals surface area contributed by atoms with Gasteiger partial charge in [-0.15, -0.1) is 11.8 Å². The highest BCUT2D eigenvalue weighted by Crippen LogP contribution is 2.28. The van der Waals surface area contributed by atoms with Crippen molar-refractivity contribution in [3.05, 3.63) is 32.7 Å². The highest BCUT2D eigenvalue weighted by molar-refractivity contribution is 9.11. The van der Waals surface area contributed by atoms with Crippen LogP contribution in [0.4, 0.5) is 0 Å². The fourth-order valence-electron chi connectivity index (χ4n) is 1.66. The lowest BCUT2D eigenvalue weighted by Crippen LogP contribution is -2.41. The molecule has 2 rings (SSSR count). The van der Waals surface area contributed by atoms with Crippen molar-refractivity contribution in [3.8, 4) is 0 Å². The van der Waals surface area contributed by atoms with Crippen LogP contribution in [0.3, 0.4) is 0 Å². The third-order valence-corrected chi connectivity index (χ3v) is 4.78. The summed E-state index contributed by atoms with van der Waals surface area (Å²) in [7, 11) is 0. The molecule has 1 unspecified atom stereocenters. The van der Waals surface area contributed by atoms with Crippen LogP contribution in [0.2, 0.25) is 0 Å². The molecule has 1 heterocycles. The van der Waals surface area contributed by atoms with E-state index < -0.39 is 12.0 Å². The van der Waals surface area contributed by atoms with Gasteiger partial charge in [0.25, 0.3) is 5.91 Å². The minimum atomic E-state index is -0.959. The summed E-state index contributed by atoms with van der Waals surface area (Å²) in [5.74, 6) is -0.374. The second-order valence-corrected chi connectivity index (χ2v) is 6.52. The van der Waals surface area contributed by atoms with E-state index in [1.165, 1.54) is 16.7 Å². The summed E-state index contributed by atoms with van der Waals surface area (Å²) in [6.07, 6.45) is 0. The van der Waals surface area contributed by atoms with Crippen LogP contribution >= 0.6 is 43.6 Å². The summed E-state index contributed by atoms with van der Waals surface area (Å²) < 4.78 is 1.45. The van der Waals surface area contributed by atoms with Crippen LogP contribution in [-0.4, -0.2) is 39.6 Å². The first kappa shape index (κ1) is 13.9. The first-order valence-corrected chi connectivity index (χ1v) is 7.81. The number of aliphatic carboxylic acids is 1. The zero-order chi connectivity index (χ0) is 13.3. The Balaban J connectivity index is 2.31. The van der Waals surface area contributed by atoms with Crippen molar-refractivity contribution < 1.29 is 14.7 Å². The number of carboxylic acids is 1. The average Bonchev–Trinajstić information content (AvgIpc) is 2.80. The quantitative estimate of drug-likeness (QED) is 0.837. The van der Waals surface area contributed by atoms with E-state index in [1.807, 2.05) is 6.07 Å². The number of carbonyl (C=O) groups is 2. The van der Waals surface area contributed by atoms with Gasteiger partial charge in [0.1, 0.15) is 6.04 Å². The lowest BCUT2D eigenvalue weighted by atomic mass is 10.2. The molecule has 1 aliphatic rings. The summed E-state index contributed by atoms with van der Waals surface area (Å²) in [6.45, 7) is 0. The molecule has 4 nitrogen and oxygen atoms in total. The molecule has 1 N–H and O–H groups in total. The molecule has 18 heavy (non-hydrogen) atoms. The Bertz CT molecular complexity index is 509. The maximum atomic E-state index is 12.3. The van der Waals surface area contributed by atoms with Gasteiger partial charge in [0.05, 0.1) is 11.4 Å². The van der Waals surface area contributed by atoms with Crippen molar-refractivity contribution in [1.29, 1.82) is 0 Å². The molecule has 0 radical (unpaired) electrons. The van der Waals surface area contributed by atoms with Crippen LogP contribution < -0.4 is 0 Å². The summed E-state index contributed by atoms with van der Waals surface area (Å²) in [5.41, 5.74) is 0.470. The van der Waals surface area contributed by atoms with Gasteiger partial charge in [-0.25, -0.2) is 4.79 Å². The predicted octanol–water partition coefficient (Wildman–Crippen LogP) is 2.81. The third kappa shape index (κ3) is 2.73. The molecule has 0 aromatic heterocycles. The molecule has 0 aliphatic carbocycles. The highest BCUT2D eigenvalue weighted by atomic mass is 79.9. The highest BCUT2D eigenvalue weighted by Gasteiger charge is 2.35. The maximum absolute atomic E-state index is 12.3. The number of hydrogen-bond donors (Lipinski definition) is 1. The standard InChI is InChI=1S/C11H9Br2NO3S/c12-6-1-2-8(13)7(3-6)10(15)14-5-18-4-9(14)11(16)17/h1-3,9H,4-5H2,(H,16,17). The van der Waals surface area contributed by atoms with Gasteiger partial charge in [0.15, 0.2) is 0 Å². The summed E-state index contributed by atoms with van der Waals surface area (Å²) in [5, 5.41) is 9.08. The number of thioether (sulfide) groups is 1. The predicted molar refractivity (Wildman–Crippen MR) is 76.8 cm³/mol. The molecule has 1 aromatic carbocycles. The molecule has 0 saturated carbocycles. The largest absolute Gasteiger partial charge is 0.480 e. The minimum Gasteiger partial charge on any atom is -0.480 e. The van der Waals surface area contributed by atoms with Crippen molar-refractivity contribution in [2.75, 3.05) is 11.6 Å². The lowest BCUT2D eigenvalue weighted by molar-refractivity contribution is -0.140. The molecule has 1 aromatic rings. The molecule has 0 spiro atoms. The Hall–Kier alpha value is -0.530. The van der Waals surface area contributed by atoms with E-state index in [2.05, 4.69) is 31.9 Å². The molecule has 1 saturated heterocycles. The van der Waals surface area contributed by atoms with Crippen molar-refractivity contribution in [1.82, 2.24) is 4.90 Å². The van der Waals surface area contributed by atoms with E-state index in [0.717, 1.165) is 4.47 Å². The Morgan fingerprint density at radius 1 is 1.39 bits per heavy atom. The Kier molecular flexibility index (Phi) is 4.34. The molecular formula is C11H9Br2NO3S. The van der Waals surface area contributed by atoms with Crippen LogP contribution in [0, 0.1) is 0 Å². The van der Waals surface area contributed by atoms with E-state index in [9.17, 15) is 9.59 Å². The van der Waals surface area contributed by atoms with E-state index in [0.29, 0.717) is 21.7 Å². The number of amides is 1. The fourth-order valence-corrected chi connectivity index (χ4v) is 3.59. The molecule has 1 fully saturated rings. The summed E-state index contributed by atoms with van der Waals surface area (Å²) >= 11 is 8.07. The second-order valence-electron chi connectivity index (χ2n) is 3.75. The maximum Gasteiger partial charge on any atom is 0.327 e. The number of rotatable bonds is 2. The monoisotopic (exact) mass is 393 g/mol. The van der Waals surface area contributed by atoms with E-state index >= 15 is 0 Å². The molecule has 0 bridgehead atoms. The van der Waals surface area contributed by atoms with Gasteiger partial charge in [-0.3, -0.25) is 4.79 Å². The molecule has 1 atom stereocenters. The Morgan fingerprint density at radius 3 is 2.78 bits per heavy atom. The van der Waals surface area contributed by atoms with Gasteiger partial charge in [-0.2, -0.15) is 0 Å². The molecule has 1 aliphatic heterocycles. The van der Waals surface area contributed by atoms with E-state index in [4.69, 9.17) is 5.11 Å². The van der Waals surface area contributed by atoms with Gasteiger partial charge in [-0.1, -0.05) is 15.9 Å². The van der Waals surface area contributed by atoms with Crippen LogP contribution in [0.5, 0.6) is 0 Å². The zero-order valence-corrected chi connectivity index (χ0v) is 13.1. The van der Waals surface area contributed by atoms with Crippen molar-refractivity contribution in [2.45, 2.75) is 6.04 Å². The van der Waals surface area contributed by atoms with Gasteiger partial charge >= 0.3 is 5.97 Å². The third-order valence-electron chi connectivity index (χ3n) is 2.59. The normalized spacial score (nSPS) is 19.0. The summed E-state index contributed by atoms with van der Waals surface area (Å²) in [6, 6.07) is 4.52. The van der Waals surface area contributed by atoms with Crippen molar-refractivity contribution >= 4 is 55.5 Å². The lowest BCUT2D eigenvalue weighted by Gasteiger charge is -2.21. The molecule has 96 valence electrons. The van der Waals surface area contributed by atoms with Crippen LogP contribution in [-0.2, 0) is 4.79 Å². The van der Waals surface area contributed by atoms with Gasteiger partial charge in [-0.05, 0) is 34.1 Å². The minimum absolute atomic E-state index is 0.263. The van der Waals surface area contributed by atoms with Crippen LogP contribution in [0.15, 0.2) is 27.1 Å². The van der Waals surface area contributed by atoms with E-state index in [1.54, 1.807) is 12.1 Å². The van der Waals surface area contributed by atoms with Gasteiger partial charge in [0, 0.05) is 14.7 Å². The second kappa shape index (κ2) is 5.63. The first-order chi connectivity index (χ1) is 8.50. The Morgan fingerprint density at radius 2 is 2.11 bits per heavy atom. The summed E-state index contributed by atoms with van der Waals surface area (Å²) in [4.78, 5) is 24.8. The topological polar surface area (TPSA) is 57.6 Å². The molecular weight excluding hydrogens is 386 g/mol. The van der Waals surface area contributed by atoms with Crippen molar-refractivity contribution in [3.63, 3.8) is 0 Å². The Labute approximate surface area is 125 Å². The van der Waals surface area contributed by atoms with Crippen LogP contribution in [0.25, 0.3) is 0 Å². The SMILES string of the molecule is O=C(O)C1CSCN1C(=O)c1cc(Br)ccc1Br. The number of nitrogens with zero attached hydrogens (tertiary/aromatic N) is 1.